The SMILES string of the molecule is COc1ccccc1OCC(=O)N[C@@H]1COCC[C@@H]1OCC=C(C)C. The zero-order chi connectivity index (χ0) is 18.1. The van der Waals surface area contributed by atoms with Crippen molar-refractivity contribution in [3.05, 3.63) is 35.9 Å². The fourth-order valence-electron chi connectivity index (χ4n) is 2.52. The molecule has 1 heterocycles. The number of allylic oxidation sites excluding steroid dienone is 1. The Balaban J connectivity index is 1.83. The highest BCUT2D eigenvalue weighted by atomic mass is 16.5. The Morgan fingerprint density at radius 2 is 2.08 bits per heavy atom. The number of hydrogen-bond donors (Lipinski definition) is 1. The lowest BCUT2D eigenvalue weighted by atomic mass is 10.1. The minimum atomic E-state index is -0.211. The first-order chi connectivity index (χ1) is 12.1. The van der Waals surface area contributed by atoms with Crippen molar-refractivity contribution >= 4 is 5.91 Å². The highest BCUT2D eigenvalue weighted by Crippen LogP contribution is 2.25. The molecule has 138 valence electrons. The number of carbonyl (C=O) groups is 1. The number of methoxy groups -OCH3 is 1. The molecule has 0 aliphatic carbocycles. The zero-order valence-electron chi connectivity index (χ0n) is 15.1. The molecule has 0 saturated carbocycles. The summed E-state index contributed by atoms with van der Waals surface area (Å²) in [5.74, 6) is 0.924. The molecule has 25 heavy (non-hydrogen) atoms. The van der Waals surface area contributed by atoms with Gasteiger partial charge in [0.25, 0.3) is 5.91 Å². The van der Waals surface area contributed by atoms with Crippen LogP contribution in [0.1, 0.15) is 20.3 Å². The summed E-state index contributed by atoms with van der Waals surface area (Å²) in [6.45, 7) is 5.60. The Morgan fingerprint density at radius 1 is 1.32 bits per heavy atom. The molecule has 0 bridgehead atoms. The summed E-state index contributed by atoms with van der Waals surface area (Å²) in [4.78, 5) is 12.2. The van der Waals surface area contributed by atoms with Gasteiger partial charge < -0.3 is 24.3 Å². The molecule has 1 N–H and O–H groups in total. The van der Waals surface area contributed by atoms with Gasteiger partial charge in [-0.3, -0.25) is 4.79 Å². The van der Waals surface area contributed by atoms with Crippen molar-refractivity contribution in [2.75, 3.05) is 33.5 Å². The quantitative estimate of drug-likeness (QED) is 0.730. The summed E-state index contributed by atoms with van der Waals surface area (Å²) in [6, 6.07) is 7.06. The lowest BCUT2D eigenvalue weighted by Crippen LogP contribution is -2.51. The fraction of sp³-hybridized carbons (Fsp3) is 0.526. The van der Waals surface area contributed by atoms with Gasteiger partial charge in [-0.25, -0.2) is 0 Å². The Kier molecular flexibility index (Phi) is 7.76. The van der Waals surface area contributed by atoms with Crippen molar-refractivity contribution in [2.45, 2.75) is 32.4 Å². The summed E-state index contributed by atoms with van der Waals surface area (Å²) in [6.07, 6.45) is 2.73. The largest absolute Gasteiger partial charge is 0.493 e. The van der Waals surface area contributed by atoms with Gasteiger partial charge in [-0.2, -0.15) is 0 Å². The van der Waals surface area contributed by atoms with Gasteiger partial charge in [0.05, 0.1) is 32.5 Å². The molecule has 1 saturated heterocycles. The second-order valence-corrected chi connectivity index (χ2v) is 6.13. The third kappa shape index (κ3) is 6.40. The molecule has 1 aliphatic rings. The van der Waals surface area contributed by atoms with Gasteiger partial charge in [0.1, 0.15) is 0 Å². The average molecular weight is 349 g/mol. The van der Waals surface area contributed by atoms with Crippen molar-refractivity contribution < 1.29 is 23.7 Å². The Morgan fingerprint density at radius 3 is 2.80 bits per heavy atom. The Hall–Kier alpha value is -2.05. The van der Waals surface area contributed by atoms with E-state index in [1.165, 1.54) is 5.57 Å². The van der Waals surface area contributed by atoms with Crippen LogP contribution in [0.15, 0.2) is 35.9 Å². The number of nitrogens with one attached hydrogen (secondary N) is 1. The molecule has 6 nitrogen and oxygen atoms in total. The molecule has 0 unspecified atom stereocenters. The lowest BCUT2D eigenvalue weighted by molar-refractivity contribution is -0.127. The maximum atomic E-state index is 12.2. The molecule has 1 aliphatic heterocycles. The van der Waals surface area contributed by atoms with E-state index in [1.807, 2.05) is 32.1 Å². The first kappa shape index (κ1) is 19.3. The van der Waals surface area contributed by atoms with Crippen LogP contribution in [-0.4, -0.2) is 51.6 Å². The highest BCUT2D eigenvalue weighted by Gasteiger charge is 2.27. The minimum Gasteiger partial charge on any atom is -0.493 e. The number of amides is 1. The van der Waals surface area contributed by atoms with E-state index >= 15 is 0 Å². The third-order valence-corrected chi connectivity index (χ3v) is 3.87. The number of para-hydroxylation sites is 2. The van der Waals surface area contributed by atoms with E-state index < -0.39 is 0 Å². The van der Waals surface area contributed by atoms with Crippen LogP contribution in [0.5, 0.6) is 11.5 Å². The Bertz CT molecular complexity index is 583. The summed E-state index contributed by atoms with van der Waals surface area (Å²) in [7, 11) is 1.57. The maximum Gasteiger partial charge on any atom is 0.258 e. The molecule has 6 heteroatoms. The van der Waals surface area contributed by atoms with E-state index in [4.69, 9.17) is 18.9 Å². The van der Waals surface area contributed by atoms with Crippen LogP contribution in [0.3, 0.4) is 0 Å². The van der Waals surface area contributed by atoms with Gasteiger partial charge in [-0.05, 0) is 32.4 Å². The van der Waals surface area contributed by atoms with Crippen molar-refractivity contribution in [3.8, 4) is 11.5 Å². The predicted octanol–water partition coefficient (Wildman–Crippen LogP) is 2.33. The second kappa shape index (κ2) is 10.1. The normalized spacial score (nSPS) is 19.8. The van der Waals surface area contributed by atoms with Crippen LogP contribution in [0, 0.1) is 0 Å². The van der Waals surface area contributed by atoms with Gasteiger partial charge in [-0.1, -0.05) is 23.8 Å². The van der Waals surface area contributed by atoms with Gasteiger partial charge >= 0.3 is 0 Å². The van der Waals surface area contributed by atoms with Gasteiger partial charge in [-0.15, -0.1) is 0 Å². The monoisotopic (exact) mass is 349 g/mol. The molecule has 1 fully saturated rings. The number of carbonyl (C=O) groups excluding carboxylic acids is 1. The van der Waals surface area contributed by atoms with Crippen LogP contribution < -0.4 is 14.8 Å². The summed E-state index contributed by atoms with van der Waals surface area (Å²) < 4.78 is 22.1. The summed E-state index contributed by atoms with van der Waals surface area (Å²) in [5.41, 5.74) is 1.21. The van der Waals surface area contributed by atoms with Gasteiger partial charge in [0.2, 0.25) is 0 Å². The van der Waals surface area contributed by atoms with Gasteiger partial charge in [0, 0.05) is 6.61 Å². The standard InChI is InChI=1S/C19H27NO5/c1-14(2)8-11-24-16-9-10-23-12-15(16)20-19(21)13-25-18-7-5-4-6-17(18)22-3/h4-8,15-16H,9-13H2,1-3H3,(H,20,21)/t15-,16+/m1/s1. The third-order valence-electron chi connectivity index (χ3n) is 3.87. The molecule has 1 aromatic rings. The molecular weight excluding hydrogens is 322 g/mol. The van der Waals surface area contributed by atoms with E-state index in [0.717, 1.165) is 6.42 Å². The average Bonchev–Trinajstić information content (AvgIpc) is 2.61. The lowest BCUT2D eigenvalue weighted by Gasteiger charge is -2.31. The van der Waals surface area contributed by atoms with Crippen LogP contribution in [0.2, 0.25) is 0 Å². The second-order valence-electron chi connectivity index (χ2n) is 6.13. The maximum absolute atomic E-state index is 12.2. The van der Waals surface area contributed by atoms with E-state index in [9.17, 15) is 4.79 Å². The van der Waals surface area contributed by atoms with E-state index in [-0.39, 0.29) is 24.7 Å². The molecule has 2 rings (SSSR count). The van der Waals surface area contributed by atoms with Crippen molar-refractivity contribution in [2.24, 2.45) is 0 Å². The van der Waals surface area contributed by atoms with Crippen LogP contribution in [0.4, 0.5) is 0 Å². The topological polar surface area (TPSA) is 66.0 Å². The summed E-state index contributed by atoms with van der Waals surface area (Å²) in [5, 5.41) is 2.94. The fourth-order valence-corrected chi connectivity index (χ4v) is 2.52. The number of ether oxygens (including phenoxy) is 4. The van der Waals surface area contributed by atoms with Crippen LogP contribution in [-0.2, 0) is 14.3 Å². The zero-order valence-corrected chi connectivity index (χ0v) is 15.1. The highest BCUT2D eigenvalue weighted by molar-refractivity contribution is 5.78. The molecule has 0 spiro atoms. The summed E-state index contributed by atoms with van der Waals surface area (Å²) >= 11 is 0. The van der Waals surface area contributed by atoms with Gasteiger partial charge in [0.15, 0.2) is 18.1 Å². The number of benzene rings is 1. The smallest absolute Gasteiger partial charge is 0.258 e. The molecule has 2 atom stereocenters. The van der Waals surface area contributed by atoms with Crippen LogP contribution in [0.25, 0.3) is 0 Å². The first-order valence-electron chi connectivity index (χ1n) is 8.48. The number of hydrogen-bond acceptors (Lipinski definition) is 5. The van der Waals surface area contributed by atoms with Crippen LogP contribution >= 0.6 is 0 Å². The van der Waals surface area contributed by atoms with E-state index in [2.05, 4.69) is 5.32 Å². The first-order valence-corrected chi connectivity index (χ1v) is 8.48. The molecule has 1 amide bonds. The molecule has 0 aromatic heterocycles. The van der Waals surface area contributed by atoms with Crippen molar-refractivity contribution in [1.29, 1.82) is 0 Å². The Labute approximate surface area is 149 Å². The van der Waals surface area contributed by atoms with E-state index in [1.54, 1.807) is 19.2 Å². The van der Waals surface area contributed by atoms with E-state index in [0.29, 0.717) is 31.3 Å². The molecular formula is C19H27NO5. The van der Waals surface area contributed by atoms with Crippen molar-refractivity contribution in [1.82, 2.24) is 5.32 Å². The predicted molar refractivity (Wildman–Crippen MR) is 95.0 cm³/mol. The van der Waals surface area contributed by atoms with Crippen molar-refractivity contribution in [3.63, 3.8) is 0 Å². The molecule has 0 radical (unpaired) electrons. The minimum absolute atomic E-state index is 0.0560. The number of rotatable bonds is 8. The molecule has 1 aromatic carbocycles.